The number of nitrogens with zero attached hydrogens (tertiary/aromatic N) is 2. The van der Waals surface area contributed by atoms with Crippen molar-refractivity contribution in [3.8, 4) is 5.75 Å². The molecule has 1 unspecified atom stereocenters. The van der Waals surface area contributed by atoms with Crippen LogP contribution in [0.3, 0.4) is 0 Å². The van der Waals surface area contributed by atoms with Crippen molar-refractivity contribution in [2.45, 2.75) is 72.4 Å². The van der Waals surface area contributed by atoms with Crippen LogP contribution >= 0.6 is 0 Å². The molecular formula is C17H33N3O. The van der Waals surface area contributed by atoms with Crippen molar-refractivity contribution in [3.05, 3.63) is 11.9 Å². The lowest BCUT2D eigenvalue weighted by atomic mass is 9.88. The number of ether oxygens (including phenoxy) is 1. The Morgan fingerprint density at radius 1 is 1.14 bits per heavy atom. The lowest BCUT2D eigenvalue weighted by molar-refractivity contribution is 0.293. The second kappa shape index (κ2) is 9.82. The Morgan fingerprint density at radius 2 is 1.81 bits per heavy atom. The molecule has 1 aromatic heterocycles. The van der Waals surface area contributed by atoms with E-state index in [1.807, 2.05) is 6.20 Å². The fourth-order valence-electron chi connectivity index (χ4n) is 3.16. The van der Waals surface area contributed by atoms with Gasteiger partial charge in [0.15, 0.2) is 5.75 Å². The molecule has 1 heterocycles. The van der Waals surface area contributed by atoms with Gasteiger partial charge in [-0.3, -0.25) is 4.68 Å². The smallest absolute Gasteiger partial charge is 0.161 e. The molecule has 21 heavy (non-hydrogen) atoms. The maximum absolute atomic E-state index is 5.58. The Balaban J connectivity index is 3.14. The van der Waals surface area contributed by atoms with Crippen LogP contribution in [0.2, 0.25) is 0 Å². The van der Waals surface area contributed by atoms with E-state index in [-0.39, 0.29) is 0 Å². The van der Waals surface area contributed by atoms with Crippen LogP contribution in [0.4, 0.5) is 0 Å². The normalized spacial score (nSPS) is 12.9. The van der Waals surface area contributed by atoms with Crippen LogP contribution in [-0.2, 0) is 6.54 Å². The minimum absolute atomic E-state index is 0.332. The van der Waals surface area contributed by atoms with Gasteiger partial charge < -0.3 is 10.1 Å². The minimum atomic E-state index is 0.332. The van der Waals surface area contributed by atoms with E-state index in [0.717, 1.165) is 25.3 Å². The average molecular weight is 295 g/mol. The topological polar surface area (TPSA) is 39.1 Å². The van der Waals surface area contributed by atoms with Crippen molar-refractivity contribution in [3.63, 3.8) is 0 Å². The number of aromatic nitrogens is 2. The van der Waals surface area contributed by atoms with Crippen molar-refractivity contribution in [1.82, 2.24) is 15.1 Å². The third-order valence-electron chi connectivity index (χ3n) is 4.01. The van der Waals surface area contributed by atoms with Gasteiger partial charge in [-0.25, -0.2) is 0 Å². The van der Waals surface area contributed by atoms with E-state index in [0.29, 0.717) is 12.0 Å². The zero-order valence-electron chi connectivity index (χ0n) is 14.5. The number of nitrogens with one attached hydrogen (secondary N) is 1. The number of methoxy groups -OCH3 is 1. The minimum Gasteiger partial charge on any atom is -0.493 e. The average Bonchev–Trinajstić information content (AvgIpc) is 2.88. The van der Waals surface area contributed by atoms with Crippen molar-refractivity contribution >= 4 is 0 Å². The highest BCUT2D eigenvalue weighted by molar-refractivity contribution is 5.29. The lowest BCUT2D eigenvalue weighted by Crippen LogP contribution is -2.31. The molecule has 122 valence electrons. The molecule has 0 saturated heterocycles. The summed E-state index contributed by atoms with van der Waals surface area (Å²) in [7, 11) is 1.74. The van der Waals surface area contributed by atoms with Gasteiger partial charge in [-0.1, -0.05) is 40.5 Å². The molecule has 1 N–H and O–H groups in total. The molecule has 0 aliphatic carbocycles. The fourth-order valence-corrected chi connectivity index (χ4v) is 3.16. The maximum Gasteiger partial charge on any atom is 0.161 e. The standard InChI is InChI=1S/C17H33N3O/c1-6-10-14(11-7-2)16(18-9-4)17-15(21-5)13-19-20(17)12-8-3/h13-14,16,18H,6-12H2,1-5H3. The monoisotopic (exact) mass is 295 g/mol. The molecule has 0 bridgehead atoms. The van der Waals surface area contributed by atoms with Crippen LogP contribution in [0.25, 0.3) is 0 Å². The first-order chi connectivity index (χ1) is 10.2. The van der Waals surface area contributed by atoms with Gasteiger partial charge >= 0.3 is 0 Å². The summed E-state index contributed by atoms with van der Waals surface area (Å²) in [6, 6.07) is 0.332. The first kappa shape index (κ1) is 18.0. The summed E-state index contributed by atoms with van der Waals surface area (Å²) in [6.45, 7) is 10.8. The molecule has 0 saturated carbocycles. The maximum atomic E-state index is 5.58. The SMILES string of the molecule is CCCC(CCC)C(NCC)c1c(OC)cnn1CCC. The Morgan fingerprint density at radius 3 is 2.29 bits per heavy atom. The molecule has 0 fully saturated rings. The second-order valence-corrected chi connectivity index (χ2v) is 5.69. The molecule has 0 aliphatic rings. The van der Waals surface area contributed by atoms with Gasteiger partial charge in [-0.05, 0) is 31.7 Å². The van der Waals surface area contributed by atoms with Gasteiger partial charge in [-0.15, -0.1) is 0 Å². The zero-order valence-corrected chi connectivity index (χ0v) is 14.5. The first-order valence-electron chi connectivity index (χ1n) is 8.56. The predicted octanol–water partition coefficient (Wildman–Crippen LogP) is 4.17. The van der Waals surface area contributed by atoms with Crippen LogP contribution in [-0.4, -0.2) is 23.4 Å². The fraction of sp³-hybridized carbons (Fsp3) is 0.824. The second-order valence-electron chi connectivity index (χ2n) is 5.69. The molecule has 1 aromatic rings. The van der Waals surface area contributed by atoms with Gasteiger partial charge in [0.25, 0.3) is 0 Å². The Hall–Kier alpha value is -1.03. The molecule has 1 atom stereocenters. The quantitative estimate of drug-likeness (QED) is 0.666. The van der Waals surface area contributed by atoms with Crippen LogP contribution in [0.15, 0.2) is 6.20 Å². The van der Waals surface area contributed by atoms with E-state index in [9.17, 15) is 0 Å². The molecule has 0 amide bonds. The Bertz CT molecular complexity index is 383. The largest absolute Gasteiger partial charge is 0.493 e. The van der Waals surface area contributed by atoms with Crippen molar-refractivity contribution in [1.29, 1.82) is 0 Å². The highest BCUT2D eigenvalue weighted by Gasteiger charge is 2.27. The van der Waals surface area contributed by atoms with Gasteiger partial charge in [-0.2, -0.15) is 5.10 Å². The number of rotatable bonds is 11. The van der Waals surface area contributed by atoms with Gasteiger partial charge in [0.05, 0.1) is 25.0 Å². The van der Waals surface area contributed by atoms with Crippen LogP contribution in [0.1, 0.15) is 71.5 Å². The highest BCUT2D eigenvalue weighted by atomic mass is 16.5. The first-order valence-corrected chi connectivity index (χ1v) is 8.56. The van der Waals surface area contributed by atoms with Gasteiger partial charge in [0.2, 0.25) is 0 Å². The Labute approximate surface area is 130 Å². The summed E-state index contributed by atoms with van der Waals surface area (Å²) in [5.74, 6) is 1.56. The molecule has 0 aromatic carbocycles. The summed E-state index contributed by atoms with van der Waals surface area (Å²) in [5.41, 5.74) is 1.23. The van der Waals surface area contributed by atoms with E-state index in [1.54, 1.807) is 7.11 Å². The Kier molecular flexibility index (Phi) is 8.43. The third kappa shape index (κ3) is 4.73. The summed E-state index contributed by atoms with van der Waals surface area (Å²) < 4.78 is 7.71. The lowest BCUT2D eigenvalue weighted by Gasteiger charge is -2.29. The number of hydrogen-bond donors (Lipinski definition) is 1. The molecule has 1 rings (SSSR count). The number of hydrogen-bond acceptors (Lipinski definition) is 3. The molecule has 0 aliphatic heterocycles. The van der Waals surface area contributed by atoms with E-state index < -0.39 is 0 Å². The molecule has 0 radical (unpaired) electrons. The summed E-state index contributed by atoms with van der Waals surface area (Å²) in [5, 5.41) is 8.22. The van der Waals surface area contributed by atoms with Crippen LogP contribution in [0, 0.1) is 5.92 Å². The summed E-state index contributed by atoms with van der Waals surface area (Å²) in [6.07, 6.45) is 7.87. The van der Waals surface area contributed by atoms with Gasteiger partial charge in [0.1, 0.15) is 0 Å². The predicted molar refractivity (Wildman–Crippen MR) is 88.8 cm³/mol. The summed E-state index contributed by atoms with van der Waals surface area (Å²) in [4.78, 5) is 0. The van der Waals surface area contributed by atoms with Crippen molar-refractivity contribution in [2.75, 3.05) is 13.7 Å². The van der Waals surface area contributed by atoms with Crippen LogP contribution in [0.5, 0.6) is 5.75 Å². The highest BCUT2D eigenvalue weighted by Crippen LogP contribution is 2.35. The molecule has 0 spiro atoms. The van der Waals surface area contributed by atoms with E-state index in [2.05, 4.69) is 42.8 Å². The van der Waals surface area contributed by atoms with E-state index in [4.69, 9.17) is 4.74 Å². The van der Waals surface area contributed by atoms with Crippen LogP contribution < -0.4 is 10.1 Å². The molecule has 4 nitrogen and oxygen atoms in total. The van der Waals surface area contributed by atoms with Crippen molar-refractivity contribution < 1.29 is 4.74 Å². The molecule has 4 heteroatoms. The van der Waals surface area contributed by atoms with Crippen molar-refractivity contribution in [2.24, 2.45) is 5.92 Å². The van der Waals surface area contributed by atoms with E-state index >= 15 is 0 Å². The molecular weight excluding hydrogens is 262 g/mol. The van der Waals surface area contributed by atoms with E-state index in [1.165, 1.54) is 31.4 Å². The number of aryl methyl sites for hydroxylation is 1. The third-order valence-corrected chi connectivity index (χ3v) is 4.01. The zero-order chi connectivity index (χ0) is 15.7. The van der Waals surface area contributed by atoms with Gasteiger partial charge in [0, 0.05) is 6.54 Å². The summed E-state index contributed by atoms with van der Waals surface area (Å²) >= 11 is 0.